The summed E-state index contributed by atoms with van der Waals surface area (Å²) >= 11 is 0. The van der Waals surface area contributed by atoms with E-state index in [1.165, 1.54) is 24.4 Å². The first-order valence-corrected chi connectivity index (χ1v) is 11.4. The molecule has 178 valence electrons. The summed E-state index contributed by atoms with van der Waals surface area (Å²) in [6, 6.07) is 9.34. The van der Waals surface area contributed by atoms with Crippen LogP contribution in [0.2, 0.25) is 0 Å². The highest BCUT2D eigenvalue weighted by Crippen LogP contribution is 2.44. The minimum Gasteiger partial charge on any atom is -0.507 e. The molecule has 2 aliphatic heterocycles. The van der Waals surface area contributed by atoms with E-state index < -0.39 is 12.9 Å². The van der Waals surface area contributed by atoms with Gasteiger partial charge in [-0.05, 0) is 81.0 Å². The van der Waals surface area contributed by atoms with Crippen molar-refractivity contribution < 1.29 is 18.3 Å². The van der Waals surface area contributed by atoms with Gasteiger partial charge < -0.3 is 20.1 Å². The van der Waals surface area contributed by atoms with Gasteiger partial charge in [0.15, 0.2) is 5.82 Å². The fourth-order valence-electron chi connectivity index (χ4n) is 5.59. The Morgan fingerprint density at radius 1 is 1.12 bits per heavy atom. The first-order chi connectivity index (χ1) is 17.3. The fraction of sp³-hybridized carbons (Fsp3) is 0.423. The number of anilines is 1. The van der Waals surface area contributed by atoms with E-state index in [-0.39, 0.29) is 34.0 Å². The van der Waals surface area contributed by atoms with Gasteiger partial charge in [-0.1, -0.05) is 0 Å². The molecule has 8 heteroatoms. The third-order valence-corrected chi connectivity index (χ3v) is 7.26. The molecule has 3 aromatic rings. The predicted octanol–water partition coefficient (Wildman–Crippen LogP) is 4.56. The number of fused-ring (bicyclic) bond motifs is 2. The summed E-state index contributed by atoms with van der Waals surface area (Å²) < 4.78 is 41.7. The topological polar surface area (TPSA) is 83.4 Å². The Hall–Kier alpha value is -3.26. The number of phenols is 1. The summed E-state index contributed by atoms with van der Waals surface area (Å²) in [4.78, 5) is 6.01. The van der Waals surface area contributed by atoms with Gasteiger partial charge in [0.25, 0.3) is 0 Å². The van der Waals surface area contributed by atoms with E-state index >= 15 is 4.39 Å². The highest BCUT2D eigenvalue weighted by Gasteiger charge is 2.49. The smallest absolute Gasteiger partial charge is 0.213 e. The van der Waals surface area contributed by atoms with Crippen LogP contribution in [0, 0.1) is 5.82 Å². The van der Waals surface area contributed by atoms with Gasteiger partial charge in [-0.25, -0.2) is 9.37 Å². The quantitative estimate of drug-likeness (QED) is 0.570. The van der Waals surface area contributed by atoms with Crippen molar-refractivity contribution in [2.24, 2.45) is 0 Å². The van der Waals surface area contributed by atoms with Crippen molar-refractivity contribution in [3.05, 3.63) is 48.4 Å². The molecular formula is C26H30FN5O2. The number of hydrogen-bond acceptors (Lipinski definition) is 7. The van der Waals surface area contributed by atoms with E-state index in [1.807, 2.05) is 7.05 Å². The summed E-state index contributed by atoms with van der Waals surface area (Å²) in [6.45, 7) is 4.55. The van der Waals surface area contributed by atoms with Crippen LogP contribution in [0.25, 0.3) is 22.4 Å². The van der Waals surface area contributed by atoms with Crippen LogP contribution in [0.1, 0.15) is 43.6 Å². The van der Waals surface area contributed by atoms with Gasteiger partial charge in [0.2, 0.25) is 5.88 Å². The molecule has 1 unspecified atom stereocenters. The van der Waals surface area contributed by atoms with E-state index in [1.54, 1.807) is 18.2 Å². The number of nitrogens with one attached hydrogen (secondary N) is 1. The lowest BCUT2D eigenvalue weighted by Gasteiger charge is -2.45. The molecule has 2 saturated heterocycles. The molecule has 0 saturated carbocycles. The molecule has 0 radical (unpaired) electrons. The average molecular weight is 467 g/mol. The number of halogens is 1. The minimum atomic E-state index is -2.66. The number of ether oxygens (including phenoxy) is 1. The molecule has 34 heavy (non-hydrogen) atoms. The van der Waals surface area contributed by atoms with Crippen LogP contribution < -0.4 is 15.0 Å². The molecule has 2 aliphatic rings. The maximum Gasteiger partial charge on any atom is 0.213 e. The zero-order chi connectivity index (χ0) is 26.6. The molecule has 2 fully saturated rings. The van der Waals surface area contributed by atoms with Crippen LogP contribution in [-0.4, -0.2) is 51.5 Å². The van der Waals surface area contributed by atoms with Crippen LogP contribution in [0.4, 0.5) is 10.2 Å². The number of nitrogens with zero attached hydrogens (tertiary/aromatic N) is 4. The lowest BCUT2D eigenvalue weighted by molar-refractivity contribution is 0.207. The van der Waals surface area contributed by atoms with E-state index in [0.717, 1.165) is 25.7 Å². The molecule has 5 rings (SSSR count). The lowest BCUT2D eigenvalue weighted by Crippen LogP contribution is -2.58. The third kappa shape index (κ3) is 4.07. The molecule has 0 amide bonds. The largest absolute Gasteiger partial charge is 0.507 e. The second-order valence-electron chi connectivity index (χ2n) is 10.0. The van der Waals surface area contributed by atoms with E-state index in [4.69, 9.17) is 8.85 Å². The number of methoxy groups -OCH3 is 1. The van der Waals surface area contributed by atoms with Crippen LogP contribution in [0.15, 0.2) is 42.6 Å². The number of aromatic hydroxyl groups is 1. The number of rotatable bonds is 5. The van der Waals surface area contributed by atoms with Crippen molar-refractivity contribution in [1.29, 1.82) is 0 Å². The fourth-order valence-corrected chi connectivity index (χ4v) is 5.59. The first kappa shape index (κ1) is 19.1. The Morgan fingerprint density at radius 2 is 1.88 bits per heavy atom. The first-order valence-electron chi connectivity index (χ1n) is 12.9. The van der Waals surface area contributed by atoms with Gasteiger partial charge >= 0.3 is 0 Å². The summed E-state index contributed by atoms with van der Waals surface area (Å²) in [5, 5.41) is 23.1. The predicted molar refractivity (Wildman–Crippen MR) is 129 cm³/mol. The number of aromatic nitrogens is 3. The van der Waals surface area contributed by atoms with Gasteiger partial charge in [-0.15, -0.1) is 10.2 Å². The van der Waals surface area contributed by atoms with E-state index in [9.17, 15) is 5.11 Å². The van der Waals surface area contributed by atoms with Crippen molar-refractivity contribution in [3.63, 3.8) is 0 Å². The van der Waals surface area contributed by atoms with Crippen LogP contribution in [0.3, 0.4) is 0 Å². The molecule has 1 aromatic carbocycles. The average Bonchev–Trinajstić information content (AvgIpc) is 3.04. The summed E-state index contributed by atoms with van der Waals surface area (Å²) in [6.07, 6.45) is 5.68. The normalized spacial score (nSPS) is 27.5. The SMILES string of the molecule is [2H]C([2H])([2H])Oc1cc(-c2cc(O)c(-c3ccc(N(C)C4C[C@]5(C)CC[C@](C)(C4)N5)nn3)c(F)c2)ccn1. The molecule has 2 N–H and O–H groups in total. The van der Waals surface area contributed by atoms with Crippen LogP contribution in [0.5, 0.6) is 11.6 Å². The molecule has 3 atom stereocenters. The molecule has 0 aliphatic carbocycles. The highest BCUT2D eigenvalue weighted by atomic mass is 19.1. The molecule has 2 aromatic heterocycles. The Balaban J connectivity index is 1.37. The Labute approximate surface area is 203 Å². The molecular weight excluding hydrogens is 433 g/mol. The molecule has 7 nitrogen and oxygen atoms in total. The monoisotopic (exact) mass is 466 g/mol. The number of pyridine rings is 1. The standard InChI is InChI=1S/C26H30FN5O2/c1-25-8-9-26(2,31-25)15-18(14-25)32(3)22-6-5-20(29-30-22)24-19(27)11-17(12-21(24)33)16-7-10-28-23(13-16)34-4/h5-7,10-13,18,31,33H,8-9,14-15H2,1-4H3/t18?,25-,26+/i4D3. The lowest BCUT2D eigenvalue weighted by atomic mass is 9.84. The van der Waals surface area contributed by atoms with Crippen LogP contribution in [-0.2, 0) is 0 Å². The maximum atomic E-state index is 15.2. The van der Waals surface area contributed by atoms with Crippen molar-refractivity contribution in [2.75, 3.05) is 19.0 Å². The number of hydrogen-bond donors (Lipinski definition) is 2. The van der Waals surface area contributed by atoms with Gasteiger partial charge in [0.05, 0.1) is 22.4 Å². The van der Waals surface area contributed by atoms with Crippen molar-refractivity contribution >= 4 is 5.82 Å². The second-order valence-corrected chi connectivity index (χ2v) is 10.0. The van der Waals surface area contributed by atoms with Gasteiger partial charge in [-0.3, -0.25) is 0 Å². The van der Waals surface area contributed by atoms with Crippen LogP contribution >= 0.6 is 0 Å². The van der Waals surface area contributed by atoms with Gasteiger partial charge in [-0.2, -0.15) is 0 Å². The number of phenolic OH excluding ortho intramolecular Hbond substituents is 1. The third-order valence-electron chi connectivity index (χ3n) is 7.26. The zero-order valence-electron chi connectivity index (χ0n) is 22.5. The van der Waals surface area contributed by atoms with Gasteiger partial charge in [0, 0.05) is 36.4 Å². The number of piperidine rings is 1. The number of benzene rings is 1. The summed E-state index contributed by atoms with van der Waals surface area (Å²) in [5.74, 6) is -0.429. The molecule has 0 spiro atoms. The highest BCUT2D eigenvalue weighted by molar-refractivity contribution is 5.75. The Bertz CT molecular complexity index is 1280. The van der Waals surface area contributed by atoms with E-state index in [2.05, 4.69) is 39.2 Å². The van der Waals surface area contributed by atoms with Crippen molar-refractivity contribution in [3.8, 4) is 34.0 Å². The Morgan fingerprint density at radius 3 is 2.53 bits per heavy atom. The Kier molecular flexibility index (Phi) is 4.60. The maximum absolute atomic E-state index is 15.2. The van der Waals surface area contributed by atoms with Crippen molar-refractivity contribution in [1.82, 2.24) is 20.5 Å². The zero-order valence-corrected chi connectivity index (χ0v) is 19.5. The summed E-state index contributed by atoms with van der Waals surface area (Å²) in [5.41, 5.74) is 1.16. The minimum absolute atomic E-state index is 0.0570. The van der Waals surface area contributed by atoms with Gasteiger partial charge in [0.1, 0.15) is 11.6 Å². The summed E-state index contributed by atoms with van der Waals surface area (Å²) in [7, 11) is -0.650. The van der Waals surface area contributed by atoms with E-state index in [0.29, 0.717) is 23.0 Å². The molecule has 2 bridgehead atoms. The molecule has 4 heterocycles. The second kappa shape index (κ2) is 8.20. The van der Waals surface area contributed by atoms with Crippen molar-refractivity contribution in [2.45, 2.75) is 56.7 Å².